The Labute approximate surface area is 87.7 Å². The number of aryl methyl sites for hydroxylation is 1. The molecule has 0 fully saturated rings. The van der Waals surface area contributed by atoms with Gasteiger partial charge in [0.25, 0.3) is 10.2 Å². The first-order chi connectivity index (χ1) is 6.53. The minimum Gasteiger partial charge on any atom is -0.247 e. The number of rotatable bonds is 5. The topological polar surface area (TPSA) is 71.1 Å². The minimum atomic E-state index is -3.31. The first kappa shape index (κ1) is 11.6. The van der Waals surface area contributed by atoms with E-state index in [0.717, 1.165) is 10.7 Å². The van der Waals surface area contributed by atoms with Gasteiger partial charge >= 0.3 is 0 Å². The summed E-state index contributed by atoms with van der Waals surface area (Å²) in [5, 5.41) is 2.93. The highest BCUT2D eigenvalue weighted by molar-refractivity contribution is 7.87. The molecule has 0 aliphatic rings. The van der Waals surface area contributed by atoms with Crippen LogP contribution in [0.4, 0.5) is 0 Å². The van der Waals surface area contributed by atoms with Crippen molar-refractivity contribution in [1.29, 1.82) is 0 Å². The Bertz CT molecular complexity index is 385. The lowest BCUT2D eigenvalue weighted by Crippen LogP contribution is -2.35. The molecule has 0 spiro atoms. The third kappa shape index (κ3) is 3.70. The van der Waals surface area contributed by atoms with Gasteiger partial charge in [-0.15, -0.1) is 11.3 Å². The van der Waals surface area contributed by atoms with Crippen LogP contribution in [0.1, 0.15) is 10.7 Å². The van der Waals surface area contributed by atoms with Gasteiger partial charge in [-0.2, -0.15) is 8.42 Å². The van der Waals surface area contributed by atoms with Gasteiger partial charge in [-0.1, -0.05) is 0 Å². The second kappa shape index (κ2) is 4.83. The van der Waals surface area contributed by atoms with Crippen LogP contribution in [-0.4, -0.2) is 27.0 Å². The predicted molar refractivity (Wildman–Crippen MR) is 56.5 cm³/mol. The van der Waals surface area contributed by atoms with Crippen LogP contribution in [0.15, 0.2) is 5.38 Å². The van der Waals surface area contributed by atoms with Gasteiger partial charge in [0.1, 0.15) is 0 Å². The highest BCUT2D eigenvalue weighted by Crippen LogP contribution is 2.07. The van der Waals surface area contributed by atoms with Crippen LogP contribution in [0.3, 0.4) is 0 Å². The Morgan fingerprint density at radius 3 is 2.79 bits per heavy atom. The summed E-state index contributed by atoms with van der Waals surface area (Å²) in [6.45, 7) is 2.29. The quantitative estimate of drug-likeness (QED) is 0.757. The third-order valence-corrected chi connectivity index (χ3v) is 3.55. The van der Waals surface area contributed by atoms with Crippen molar-refractivity contribution in [2.75, 3.05) is 13.6 Å². The van der Waals surface area contributed by atoms with Crippen molar-refractivity contribution in [3.8, 4) is 0 Å². The molecule has 0 amide bonds. The van der Waals surface area contributed by atoms with Gasteiger partial charge in [0, 0.05) is 25.4 Å². The van der Waals surface area contributed by atoms with E-state index in [1.165, 1.54) is 7.05 Å². The minimum absolute atomic E-state index is 0.367. The highest BCUT2D eigenvalue weighted by atomic mass is 32.2. The van der Waals surface area contributed by atoms with E-state index in [1.54, 1.807) is 11.3 Å². The molecule has 0 aliphatic carbocycles. The van der Waals surface area contributed by atoms with Gasteiger partial charge in [0.15, 0.2) is 0 Å². The lowest BCUT2D eigenvalue weighted by molar-refractivity contribution is 0.573. The molecular weight excluding hydrogens is 222 g/mol. The summed E-state index contributed by atoms with van der Waals surface area (Å²) in [5.41, 5.74) is 0.923. The smallest absolute Gasteiger partial charge is 0.247 e. The molecule has 1 aromatic heterocycles. The van der Waals surface area contributed by atoms with Crippen LogP contribution >= 0.6 is 11.3 Å². The lowest BCUT2D eigenvalue weighted by atomic mass is 10.3. The van der Waals surface area contributed by atoms with Gasteiger partial charge in [-0.25, -0.2) is 14.4 Å². The van der Waals surface area contributed by atoms with Crippen LogP contribution in [-0.2, 0) is 16.6 Å². The van der Waals surface area contributed by atoms with Crippen LogP contribution in [0.2, 0.25) is 0 Å². The molecular formula is C7H13N3O2S2. The molecule has 0 bridgehead atoms. The summed E-state index contributed by atoms with van der Waals surface area (Å²) in [6, 6.07) is 0. The molecule has 0 aromatic carbocycles. The third-order valence-electron chi connectivity index (χ3n) is 1.61. The normalized spacial score (nSPS) is 11.9. The number of thiazole rings is 1. The molecule has 1 aromatic rings. The summed E-state index contributed by atoms with van der Waals surface area (Å²) in [4.78, 5) is 4.22. The highest BCUT2D eigenvalue weighted by Gasteiger charge is 2.05. The summed E-state index contributed by atoms with van der Waals surface area (Å²) in [5.74, 6) is 0. The molecule has 2 N–H and O–H groups in total. The average molecular weight is 235 g/mol. The monoisotopic (exact) mass is 235 g/mol. The van der Waals surface area contributed by atoms with Crippen molar-refractivity contribution in [1.82, 2.24) is 14.4 Å². The molecule has 80 valence electrons. The maximum absolute atomic E-state index is 11.0. The summed E-state index contributed by atoms with van der Waals surface area (Å²) < 4.78 is 26.5. The second-order valence-electron chi connectivity index (χ2n) is 2.71. The molecule has 1 heterocycles. The number of aromatic nitrogens is 1. The van der Waals surface area contributed by atoms with Crippen molar-refractivity contribution in [3.63, 3.8) is 0 Å². The van der Waals surface area contributed by atoms with Crippen LogP contribution < -0.4 is 9.44 Å². The molecule has 7 heteroatoms. The zero-order chi connectivity index (χ0) is 10.6. The first-order valence-corrected chi connectivity index (χ1v) is 6.49. The Balaban J connectivity index is 2.36. The van der Waals surface area contributed by atoms with Gasteiger partial charge in [-0.3, -0.25) is 0 Å². The zero-order valence-electron chi connectivity index (χ0n) is 8.07. The maximum atomic E-state index is 11.0. The van der Waals surface area contributed by atoms with E-state index in [-0.39, 0.29) is 0 Å². The van der Waals surface area contributed by atoms with Crippen molar-refractivity contribution in [2.24, 2.45) is 0 Å². The van der Waals surface area contributed by atoms with E-state index < -0.39 is 10.2 Å². The summed E-state index contributed by atoms with van der Waals surface area (Å²) in [6.07, 6.45) is 0.616. The van der Waals surface area contributed by atoms with Gasteiger partial charge in [0.2, 0.25) is 0 Å². The van der Waals surface area contributed by atoms with E-state index in [4.69, 9.17) is 0 Å². The van der Waals surface area contributed by atoms with E-state index in [0.29, 0.717) is 13.0 Å². The van der Waals surface area contributed by atoms with E-state index in [2.05, 4.69) is 14.4 Å². The Morgan fingerprint density at radius 2 is 2.29 bits per heavy atom. The molecule has 0 atom stereocenters. The Kier molecular flexibility index (Phi) is 3.99. The van der Waals surface area contributed by atoms with Crippen LogP contribution in [0.25, 0.3) is 0 Å². The van der Waals surface area contributed by atoms with Gasteiger partial charge in [0.05, 0.1) is 10.7 Å². The molecule has 0 unspecified atom stereocenters. The number of nitrogens with zero attached hydrogens (tertiary/aromatic N) is 1. The zero-order valence-corrected chi connectivity index (χ0v) is 9.70. The first-order valence-electron chi connectivity index (χ1n) is 4.12. The molecule has 0 radical (unpaired) electrons. The van der Waals surface area contributed by atoms with E-state index >= 15 is 0 Å². The molecule has 1 rings (SSSR count). The number of nitrogens with one attached hydrogen (secondary N) is 2. The van der Waals surface area contributed by atoms with Crippen molar-refractivity contribution in [2.45, 2.75) is 13.3 Å². The fourth-order valence-electron chi connectivity index (χ4n) is 0.909. The maximum Gasteiger partial charge on any atom is 0.276 e. The van der Waals surface area contributed by atoms with Crippen molar-refractivity contribution < 1.29 is 8.42 Å². The molecule has 0 aliphatic heterocycles. The molecule has 0 saturated heterocycles. The summed E-state index contributed by atoms with van der Waals surface area (Å²) in [7, 11) is -1.94. The SMILES string of the molecule is CNS(=O)(=O)NCCc1csc(C)n1. The predicted octanol–water partition coefficient (Wildman–Crippen LogP) is 0.0478. The Morgan fingerprint density at radius 1 is 1.57 bits per heavy atom. The standard InChI is InChI=1S/C7H13N3O2S2/c1-6-10-7(5-13-6)3-4-9-14(11,12)8-2/h5,8-9H,3-4H2,1-2H3. The largest absolute Gasteiger partial charge is 0.276 e. The Hall–Kier alpha value is -0.500. The molecule has 0 saturated carbocycles. The van der Waals surface area contributed by atoms with Crippen molar-refractivity contribution in [3.05, 3.63) is 16.1 Å². The fourth-order valence-corrected chi connectivity index (χ4v) is 2.07. The van der Waals surface area contributed by atoms with Crippen molar-refractivity contribution >= 4 is 21.5 Å². The average Bonchev–Trinajstić information content (AvgIpc) is 2.51. The van der Waals surface area contributed by atoms with Crippen LogP contribution in [0.5, 0.6) is 0 Å². The van der Waals surface area contributed by atoms with Gasteiger partial charge in [-0.05, 0) is 6.92 Å². The van der Waals surface area contributed by atoms with E-state index in [1.807, 2.05) is 12.3 Å². The molecule has 14 heavy (non-hydrogen) atoms. The number of hydrogen-bond donors (Lipinski definition) is 2. The lowest BCUT2D eigenvalue weighted by Gasteiger charge is -2.02. The fraction of sp³-hybridized carbons (Fsp3) is 0.571. The molecule has 5 nitrogen and oxygen atoms in total. The number of hydrogen-bond acceptors (Lipinski definition) is 4. The van der Waals surface area contributed by atoms with Gasteiger partial charge < -0.3 is 0 Å². The second-order valence-corrected chi connectivity index (χ2v) is 5.48. The summed E-state index contributed by atoms with van der Waals surface area (Å²) >= 11 is 1.56. The van der Waals surface area contributed by atoms with E-state index in [9.17, 15) is 8.42 Å². The van der Waals surface area contributed by atoms with Crippen LogP contribution in [0, 0.1) is 6.92 Å².